The molecule has 1 fully saturated rings. The third-order valence-electron chi connectivity index (χ3n) is 4.16. The van der Waals surface area contributed by atoms with Crippen LogP contribution in [0.1, 0.15) is 15.9 Å². The zero-order valence-electron chi connectivity index (χ0n) is 13.2. The summed E-state index contributed by atoms with van der Waals surface area (Å²) in [5, 5.41) is 14.6. The van der Waals surface area contributed by atoms with E-state index in [9.17, 15) is 14.3 Å². The highest BCUT2D eigenvalue weighted by Crippen LogP contribution is 2.19. The highest BCUT2D eigenvalue weighted by Gasteiger charge is 2.20. The minimum Gasteiger partial charge on any atom is -0.545 e. The normalized spacial score (nSPS) is 15.2. The van der Waals surface area contributed by atoms with Crippen molar-refractivity contribution in [3.8, 4) is 0 Å². The third-order valence-corrected chi connectivity index (χ3v) is 4.16. The molecule has 0 saturated carbocycles. The number of rotatable bonds is 5. The highest BCUT2D eigenvalue weighted by atomic mass is 19.1. The summed E-state index contributed by atoms with van der Waals surface area (Å²) in [6, 6.07) is 11.6. The first-order chi connectivity index (χ1) is 11.6. The summed E-state index contributed by atoms with van der Waals surface area (Å²) in [5.41, 5.74) is 2.00. The number of ether oxygens (including phenoxy) is 1. The van der Waals surface area contributed by atoms with Gasteiger partial charge in [0.05, 0.1) is 24.7 Å². The molecule has 0 spiro atoms. The van der Waals surface area contributed by atoms with Gasteiger partial charge in [-0.05, 0) is 18.2 Å². The average Bonchev–Trinajstić information content (AvgIpc) is 2.61. The molecule has 0 aliphatic carbocycles. The van der Waals surface area contributed by atoms with E-state index in [1.54, 1.807) is 30.3 Å². The number of carboxylic acids is 1. The minimum absolute atomic E-state index is 0.158. The van der Waals surface area contributed by atoms with Crippen LogP contribution in [0.5, 0.6) is 0 Å². The van der Waals surface area contributed by atoms with Gasteiger partial charge in [0, 0.05) is 23.9 Å². The minimum atomic E-state index is -1.21. The van der Waals surface area contributed by atoms with Gasteiger partial charge in [-0.3, -0.25) is 4.90 Å². The van der Waals surface area contributed by atoms with E-state index in [2.05, 4.69) is 5.32 Å². The second kappa shape index (κ2) is 7.42. The van der Waals surface area contributed by atoms with E-state index in [0.29, 0.717) is 30.2 Å². The molecule has 2 N–H and O–H groups in total. The summed E-state index contributed by atoms with van der Waals surface area (Å²) < 4.78 is 19.0. The first-order valence-corrected chi connectivity index (χ1v) is 7.90. The van der Waals surface area contributed by atoms with Crippen LogP contribution in [-0.2, 0) is 11.3 Å². The molecule has 1 aliphatic heterocycles. The molecule has 0 bridgehead atoms. The second-order valence-electron chi connectivity index (χ2n) is 5.71. The first kappa shape index (κ1) is 16.4. The van der Waals surface area contributed by atoms with Crippen molar-refractivity contribution < 1.29 is 23.9 Å². The number of quaternary nitrogens is 1. The fourth-order valence-electron chi connectivity index (χ4n) is 2.86. The Morgan fingerprint density at radius 2 is 1.96 bits per heavy atom. The zero-order chi connectivity index (χ0) is 16.9. The Hall–Kier alpha value is -2.44. The molecule has 0 radical (unpaired) electrons. The fraction of sp³-hybridized carbons (Fsp3) is 0.278. The van der Waals surface area contributed by atoms with Crippen molar-refractivity contribution in [1.82, 2.24) is 0 Å². The van der Waals surface area contributed by atoms with E-state index in [-0.39, 0.29) is 17.9 Å². The van der Waals surface area contributed by atoms with Gasteiger partial charge in [-0.1, -0.05) is 18.2 Å². The van der Waals surface area contributed by atoms with Crippen LogP contribution in [0.25, 0.3) is 0 Å². The number of hydrogen-bond donors (Lipinski definition) is 2. The topological polar surface area (TPSA) is 65.8 Å². The Morgan fingerprint density at radius 1 is 1.21 bits per heavy atom. The number of anilines is 1. The lowest BCUT2D eigenvalue weighted by atomic mass is 10.1. The van der Waals surface area contributed by atoms with Crippen molar-refractivity contribution in [3.05, 3.63) is 59.4 Å². The lowest BCUT2D eigenvalue weighted by molar-refractivity contribution is -0.842. The Bertz CT molecular complexity index is 730. The lowest BCUT2D eigenvalue weighted by Gasteiger charge is -2.25. The maximum Gasteiger partial charge on any atom is 0.140 e. The van der Waals surface area contributed by atoms with Crippen LogP contribution in [0, 0.1) is 5.82 Å². The van der Waals surface area contributed by atoms with Gasteiger partial charge in [-0.2, -0.15) is 0 Å². The lowest BCUT2D eigenvalue weighted by Crippen LogP contribution is -3.09. The summed E-state index contributed by atoms with van der Waals surface area (Å²) in [6.45, 7) is 2.94. The van der Waals surface area contributed by atoms with Crippen molar-refractivity contribution >= 4 is 17.3 Å². The van der Waals surface area contributed by atoms with Gasteiger partial charge in [0.2, 0.25) is 0 Å². The summed E-state index contributed by atoms with van der Waals surface area (Å²) in [5.74, 6) is -1.50. The van der Waals surface area contributed by atoms with Gasteiger partial charge in [0.1, 0.15) is 24.6 Å². The standard InChI is InChI=1S/C18H19FN2O3/c19-16-4-2-1-3-13(16)12-20-14-5-6-17(15(11-14)18(22)23)21-7-9-24-10-8-21/h1-6,11,20H,7-10,12H2,(H,22,23). The van der Waals surface area contributed by atoms with Gasteiger partial charge in [0.15, 0.2) is 0 Å². The van der Waals surface area contributed by atoms with E-state index in [4.69, 9.17) is 4.74 Å². The van der Waals surface area contributed by atoms with Crippen molar-refractivity contribution in [1.29, 1.82) is 0 Å². The molecule has 126 valence electrons. The summed E-state index contributed by atoms with van der Waals surface area (Å²) in [6.07, 6.45) is 0. The van der Waals surface area contributed by atoms with E-state index >= 15 is 0 Å². The maximum absolute atomic E-state index is 13.6. The van der Waals surface area contributed by atoms with Crippen LogP contribution < -0.4 is 15.3 Å². The van der Waals surface area contributed by atoms with E-state index in [0.717, 1.165) is 18.0 Å². The van der Waals surface area contributed by atoms with Crippen molar-refractivity contribution in [3.63, 3.8) is 0 Å². The molecule has 1 aliphatic rings. The Morgan fingerprint density at radius 3 is 2.67 bits per heavy atom. The molecule has 24 heavy (non-hydrogen) atoms. The number of morpholine rings is 1. The molecular weight excluding hydrogens is 311 g/mol. The summed E-state index contributed by atoms with van der Waals surface area (Å²) >= 11 is 0. The predicted octanol–water partition coefficient (Wildman–Crippen LogP) is 0.348. The van der Waals surface area contributed by atoms with Gasteiger partial charge in [-0.25, -0.2) is 4.39 Å². The van der Waals surface area contributed by atoms with Crippen LogP contribution in [-0.4, -0.2) is 32.3 Å². The number of carboxylic acid groups (broad SMARTS) is 1. The predicted molar refractivity (Wildman–Crippen MR) is 85.7 cm³/mol. The molecule has 6 heteroatoms. The monoisotopic (exact) mass is 330 g/mol. The molecule has 3 rings (SSSR count). The third kappa shape index (κ3) is 3.72. The zero-order valence-corrected chi connectivity index (χ0v) is 13.2. The number of aromatic carboxylic acids is 1. The van der Waals surface area contributed by atoms with Crippen LogP contribution in [0.3, 0.4) is 0 Å². The quantitative estimate of drug-likeness (QED) is 0.830. The number of nitrogens with one attached hydrogen (secondary N) is 2. The van der Waals surface area contributed by atoms with Gasteiger partial charge < -0.3 is 20.0 Å². The molecule has 0 unspecified atom stereocenters. The highest BCUT2D eigenvalue weighted by molar-refractivity contribution is 5.92. The van der Waals surface area contributed by atoms with Crippen molar-refractivity contribution in [2.75, 3.05) is 31.6 Å². The van der Waals surface area contributed by atoms with Gasteiger partial charge in [-0.15, -0.1) is 0 Å². The SMILES string of the molecule is O=C([O-])c1cc(NCc2ccccc2F)ccc1[NH+]1CCOCC1. The number of carbonyl (C=O) groups excluding carboxylic acids is 1. The number of hydrogen-bond acceptors (Lipinski definition) is 4. The molecule has 2 aromatic rings. The smallest absolute Gasteiger partial charge is 0.140 e. The number of carbonyl (C=O) groups is 1. The van der Waals surface area contributed by atoms with Crippen LogP contribution in [0.2, 0.25) is 0 Å². The second-order valence-corrected chi connectivity index (χ2v) is 5.71. The van der Waals surface area contributed by atoms with Crippen molar-refractivity contribution in [2.24, 2.45) is 0 Å². The summed E-state index contributed by atoms with van der Waals surface area (Å²) in [7, 11) is 0. The van der Waals surface area contributed by atoms with Gasteiger partial charge >= 0.3 is 0 Å². The Balaban J connectivity index is 1.78. The molecular formula is C18H19FN2O3. The molecule has 1 saturated heterocycles. The Labute approximate surface area is 139 Å². The molecule has 0 aromatic heterocycles. The van der Waals surface area contributed by atoms with Crippen LogP contribution >= 0.6 is 0 Å². The van der Waals surface area contributed by atoms with Crippen LogP contribution in [0.4, 0.5) is 15.8 Å². The molecule has 0 amide bonds. The fourth-order valence-corrected chi connectivity index (χ4v) is 2.86. The van der Waals surface area contributed by atoms with Crippen molar-refractivity contribution in [2.45, 2.75) is 6.54 Å². The van der Waals surface area contributed by atoms with E-state index in [1.165, 1.54) is 6.07 Å². The largest absolute Gasteiger partial charge is 0.545 e. The van der Waals surface area contributed by atoms with Gasteiger partial charge in [0.25, 0.3) is 0 Å². The van der Waals surface area contributed by atoms with E-state index in [1.807, 2.05) is 6.07 Å². The molecule has 0 atom stereocenters. The Kier molecular flexibility index (Phi) is 5.08. The van der Waals surface area contributed by atoms with E-state index < -0.39 is 5.97 Å². The number of halogens is 1. The maximum atomic E-state index is 13.6. The summed E-state index contributed by atoms with van der Waals surface area (Å²) in [4.78, 5) is 12.6. The first-order valence-electron chi connectivity index (χ1n) is 7.90. The molecule has 2 aromatic carbocycles. The van der Waals surface area contributed by atoms with Crippen LogP contribution in [0.15, 0.2) is 42.5 Å². The molecule has 5 nitrogen and oxygen atoms in total. The average molecular weight is 330 g/mol. The number of benzene rings is 2. The molecule has 1 heterocycles.